The Bertz CT molecular complexity index is 1930. The van der Waals surface area contributed by atoms with E-state index in [0.717, 1.165) is 6.42 Å². The van der Waals surface area contributed by atoms with Crippen LogP contribution in [0.3, 0.4) is 0 Å². The quantitative estimate of drug-likeness (QED) is 0.129. The topological polar surface area (TPSA) is 242 Å². The number of piperidine rings is 1. The van der Waals surface area contributed by atoms with Gasteiger partial charge in [-0.15, -0.1) is 0 Å². The molecule has 0 aromatic heterocycles. The van der Waals surface area contributed by atoms with Crippen LogP contribution in [0.2, 0.25) is 0 Å². The van der Waals surface area contributed by atoms with Gasteiger partial charge in [0.2, 0.25) is 5.79 Å². The minimum atomic E-state index is -2.47. The summed E-state index contributed by atoms with van der Waals surface area (Å²) in [4.78, 5) is 72.7. The Morgan fingerprint density at radius 1 is 0.845 bits per heavy atom. The van der Waals surface area contributed by atoms with E-state index in [-0.39, 0.29) is 111 Å². The number of hydrogen-bond acceptors (Lipinski definition) is 17. The number of Topliss-reactive ketones (excluding diaryl/α,β-unsaturated/α-hetero) is 3. The standard InChI is InChI=1S/C53H83NO17/c1-27-21-29(3)41(57)44(65-10)42(58)30(4)22-31(5)43-45(68-43)46-47(69-46)49-52(7,71-49)40(64-9)25-34-16-14-32(6)53(62,70-34)48(59)50(60)54-18-12-11-13-35(54)51(61)67-38(26-36(27)56)28(2)23-33-15-17-37(66-20-19-55)39(24-33)63-8/h21,27-28,30-35,37-41,43-47,49,55,57,62H,11-20,22-26H2,1-10H3/b29-21-/t27-,28-,30-,31+,32-,33+,34+,35?,37-,38+,39?,40+,41-,43-,44-,45+,46-,47-,49+,52+,53-/m1/s1. The highest BCUT2D eigenvalue weighted by Gasteiger charge is 2.72. The molecule has 0 radical (unpaired) electrons. The molecule has 6 aliphatic heterocycles. The van der Waals surface area contributed by atoms with Crippen molar-refractivity contribution in [2.45, 2.75) is 216 Å². The summed E-state index contributed by atoms with van der Waals surface area (Å²) in [5.41, 5.74) is -0.388. The van der Waals surface area contributed by atoms with Gasteiger partial charge in [0.25, 0.3) is 11.7 Å². The molecule has 3 N–H and O–H groups in total. The highest BCUT2D eigenvalue weighted by atomic mass is 16.7. The van der Waals surface area contributed by atoms with Gasteiger partial charge >= 0.3 is 5.97 Å². The van der Waals surface area contributed by atoms with Crippen LogP contribution in [0.5, 0.6) is 0 Å². The molecule has 18 heteroatoms. The van der Waals surface area contributed by atoms with Gasteiger partial charge in [-0.1, -0.05) is 40.7 Å². The van der Waals surface area contributed by atoms with Crippen LogP contribution in [-0.4, -0.2) is 181 Å². The zero-order valence-corrected chi connectivity index (χ0v) is 43.7. The summed E-state index contributed by atoms with van der Waals surface area (Å²) in [6, 6.07) is -1.16. The van der Waals surface area contributed by atoms with E-state index in [1.807, 2.05) is 27.7 Å². The number of esters is 1. The van der Waals surface area contributed by atoms with E-state index in [2.05, 4.69) is 0 Å². The number of methoxy groups -OCH3 is 3. The van der Waals surface area contributed by atoms with Gasteiger partial charge in [0.1, 0.15) is 60.2 Å². The van der Waals surface area contributed by atoms with Crippen molar-refractivity contribution in [1.29, 1.82) is 0 Å². The molecule has 402 valence electrons. The number of cyclic esters (lactones) is 1. The molecule has 7 aliphatic rings. The maximum atomic E-state index is 14.5. The van der Waals surface area contributed by atoms with Crippen molar-refractivity contribution in [3.8, 4) is 0 Å². The van der Waals surface area contributed by atoms with Crippen LogP contribution in [0.1, 0.15) is 126 Å². The number of epoxide rings is 3. The third kappa shape index (κ3) is 12.4. The number of carbonyl (C=O) groups excluding carboxylic acids is 5. The SMILES string of the molecule is COC1C[C@H](C[C@@H](C)[C@@H]2CC(=O)[C@H](C)/C=C(/C)[C@@H](O)[C@@H](OC)C(=O)[C@H](C)C[C@H](C)[C@H]3O[C@@H]3[C@H]3O[C@H]3[C@@H]3O[C@@]3(C)[C@@H](OC)C[C@@H]3CC[C@@H](C)[C@@](O)(O3)C(=O)C(=O)N3CCCCC3C(=O)O2)CC[C@H]1OCCO. The van der Waals surface area contributed by atoms with Crippen LogP contribution >= 0.6 is 0 Å². The van der Waals surface area contributed by atoms with Gasteiger partial charge in [-0.25, -0.2) is 4.79 Å². The first-order valence-corrected chi connectivity index (χ1v) is 26.4. The molecule has 71 heavy (non-hydrogen) atoms. The smallest absolute Gasteiger partial charge is 0.329 e. The second kappa shape index (κ2) is 23.4. The largest absolute Gasteiger partial charge is 0.460 e. The summed E-state index contributed by atoms with van der Waals surface area (Å²) in [6.07, 6.45) is 0.909. The fraction of sp³-hybridized carbons (Fsp3) is 0.868. The Labute approximate surface area is 419 Å². The van der Waals surface area contributed by atoms with Crippen molar-refractivity contribution in [3.63, 3.8) is 0 Å². The van der Waals surface area contributed by atoms with E-state index >= 15 is 0 Å². The van der Waals surface area contributed by atoms with Crippen molar-refractivity contribution in [1.82, 2.24) is 4.90 Å². The van der Waals surface area contributed by atoms with Crippen molar-refractivity contribution in [2.24, 2.45) is 35.5 Å². The minimum Gasteiger partial charge on any atom is -0.460 e. The minimum absolute atomic E-state index is 0.0197. The average molecular weight is 1010 g/mol. The summed E-state index contributed by atoms with van der Waals surface area (Å²) >= 11 is 0. The fourth-order valence-corrected chi connectivity index (χ4v) is 12.4. The lowest BCUT2D eigenvalue weighted by atomic mass is 9.78. The van der Waals surface area contributed by atoms with Crippen molar-refractivity contribution >= 4 is 29.2 Å². The second-order valence-electron chi connectivity index (χ2n) is 22.3. The van der Waals surface area contributed by atoms with Crippen LogP contribution in [-0.2, 0) is 66.6 Å². The number of rotatable bonds is 9. The van der Waals surface area contributed by atoms with Crippen LogP contribution < -0.4 is 0 Å². The third-order valence-corrected chi connectivity index (χ3v) is 17.2. The Kier molecular flexibility index (Phi) is 18.5. The van der Waals surface area contributed by atoms with Crippen molar-refractivity contribution < 1.29 is 81.9 Å². The fourth-order valence-electron chi connectivity index (χ4n) is 12.4. The van der Waals surface area contributed by atoms with Gasteiger partial charge < -0.3 is 62.9 Å². The molecule has 6 fully saturated rings. The third-order valence-electron chi connectivity index (χ3n) is 17.2. The first kappa shape index (κ1) is 56.0. The number of ether oxygens (including phenoxy) is 9. The predicted molar refractivity (Wildman–Crippen MR) is 255 cm³/mol. The molecule has 1 saturated carbocycles. The summed E-state index contributed by atoms with van der Waals surface area (Å²) in [5.74, 6) is -8.19. The molecule has 1 amide bonds. The average Bonchev–Trinajstić information content (AvgIpc) is 4.28. The van der Waals surface area contributed by atoms with Crippen LogP contribution in [0, 0.1) is 35.5 Å². The molecule has 5 saturated heterocycles. The Balaban J connectivity index is 1.15. The Hall–Kier alpha value is -2.75. The van der Waals surface area contributed by atoms with Crippen molar-refractivity contribution in [2.75, 3.05) is 41.1 Å². The maximum Gasteiger partial charge on any atom is 0.329 e. The van der Waals surface area contributed by atoms with Crippen LogP contribution in [0.4, 0.5) is 0 Å². The summed E-state index contributed by atoms with van der Waals surface area (Å²) in [5, 5.41) is 33.0. The van der Waals surface area contributed by atoms with Crippen molar-refractivity contribution in [3.05, 3.63) is 11.6 Å². The lowest BCUT2D eigenvalue weighted by Crippen LogP contribution is -2.61. The number of aliphatic hydroxyl groups is 3. The number of nitrogens with zero attached hydrogens (tertiary/aromatic N) is 1. The van der Waals surface area contributed by atoms with Crippen LogP contribution in [0.15, 0.2) is 11.6 Å². The zero-order valence-electron chi connectivity index (χ0n) is 43.7. The Morgan fingerprint density at radius 2 is 1.56 bits per heavy atom. The Morgan fingerprint density at radius 3 is 2.25 bits per heavy atom. The van der Waals surface area contributed by atoms with Gasteiger partial charge in [-0.3, -0.25) is 19.2 Å². The first-order valence-electron chi connectivity index (χ1n) is 26.4. The van der Waals surface area contributed by atoms with Gasteiger partial charge in [0, 0.05) is 58.5 Å². The lowest BCUT2D eigenvalue weighted by molar-refractivity contribution is -0.267. The van der Waals surface area contributed by atoms with Gasteiger partial charge in [-0.05, 0) is 101 Å². The summed E-state index contributed by atoms with van der Waals surface area (Å²) in [7, 11) is 4.58. The highest BCUT2D eigenvalue weighted by molar-refractivity contribution is 6.39. The molecule has 0 aromatic rings. The number of aliphatic hydroxyl groups excluding tert-OH is 2. The molecule has 6 heterocycles. The molecular weight excluding hydrogens is 923 g/mol. The van der Waals surface area contributed by atoms with Gasteiger partial charge in [0.05, 0.1) is 43.7 Å². The van der Waals surface area contributed by atoms with E-state index in [9.17, 15) is 39.3 Å². The van der Waals surface area contributed by atoms with E-state index in [1.54, 1.807) is 41.1 Å². The molecule has 21 atom stereocenters. The number of allylic oxidation sites excluding steroid dienone is 1. The van der Waals surface area contributed by atoms with E-state index in [1.165, 1.54) is 12.0 Å². The molecule has 18 nitrogen and oxygen atoms in total. The predicted octanol–water partition coefficient (Wildman–Crippen LogP) is 3.83. The molecule has 1 aliphatic carbocycles. The molecule has 0 spiro atoms. The molecule has 0 aromatic carbocycles. The molecule has 2 bridgehead atoms. The number of hydrogen-bond donors (Lipinski definition) is 3. The summed E-state index contributed by atoms with van der Waals surface area (Å²) < 4.78 is 54.5. The zero-order chi connectivity index (χ0) is 51.7. The number of amides is 1. The lowest BCUT2D eigenvalue weighted by Gasteiger charge is -2.43. The number of carbonyl (C=O) groups is 5. The highest BCUT2D eigenvalue weighted by Crippen LogP contribution is 2.55. The first-order chi connectivity index (χ1) is 33.7. The molecule has 7 rings (SSSR count). The van der Waals surface area contributed by atoms with Gasteiger partial charge in [0.15, 0.2) is 5.78 Å². The summed E-state index contributed by atoms with van der Waals surface area (Å²) in [6.45, 7) is 12.9. The van der Waals surface area contributed by atoms with E-state index in [0.29, 0.717) is 56.9 Å². The van der Waals surface area contributed by atoms with E-state index in [4.69, 9.17) is 42.6 Å². The normalized spacial score (nSPS) is 45.6. The van der Waals surface area contributed by atoms with E-state index < -0.39 is 83.4 Å². The number of ketones is 3. The molecule has 2 unspecified atom stereocenters. The molecular formula is C53H83NO17. The van der Waals surface area contributed by atoms with Crippen LogP contribution in [0.25, 0.3) is 0 Å². The van der Waals surface area contributed by atoms with Gasteiger partial charge in [-0.2, -0.15) is 0 Å². The maximum absolute atomic E-state index is 14.5. The monoisotopic (exact) mass is 1010 g/mol. The number of fused-ring (bicyclic) bond motifs is 8. The second-order valence-corrected chi connectivity index (χ2v) is 22.3.